The predicted molar refractivity (Wildman–Crippen MR) is 81.4 cm³/mol. The van der Waals surface area contributed by atoms with Crippen LogP contribution in [0.4, 0.5) is 5.69 Å². The van der Waals surface area contributed by atoms with Gasteiger partial charge in [0.2, 0.25) is 5.91 Å². The Kier molecular flexibility index (Phi) is 4.95. The summed E-state index contributed by atoms with van der Waals surface area (Å²) >= 11 is 0. The molecule has 2 heterocycles. The lowest BCUT2D eigenvalue weighted by Crippen LogP contribution is -2.50. The van der Waals surface area contributed by atoms with E-state index in [2.05, 4.69) is 20.2 Å². The minimum atomic E-state index is -0.105. The van der Waals surface area contributed by atoms with Gasteiger partial charge in [-0.1, -0.05) is 0 Å². The first-order valence-electron chi connectivity index (χ1n) is 7.25. The standard InChI is InChI=1S/C14H23N5O2/c1-11(2)16-13(20)10-18-4-6-19(7-5-18)12-8-14(21)17(3)15-9-12/h8-9,11H,4-7,10H2,1-3H3,(H,16,20). The molecule has 7 heteroatoms. The minimum absolute atomic E-state index is 0.0636. The van der Waals surface area contributed by atoms with E-state index in [0.717, 1.165) is 31.9 Å². The normalized spacial score (nSPS) is 16.3. The van der Waals surface area contributed by atoms with Crippen LogP contribution < -0.4 is 15.8 Å². The van der Waals surface area contributed by atoms with E-state index in [-0.39, 0.29) is 17.5 Å². The number of nitrogens with zero attached hydrogens (tertiary/aromatic N) is 4. The molecule has 2 rings (SSSR count). The average Bonchev–Trinajstić information content (AvgIpc) is 2.42. The number of nitrogens with one attached hydrogen (secondary N) is 1. The van der Waals surface area contributed by atoms with Crippen molar-refractivity contribution in [1.29, 1.82) is 0 Å². The molecule has 1 aromatic heterocycles. The highest BCUT2D eigenvalue weighted by Gasteiger charge is 2.19. The molecule has 0 spiro atoms. The minimum Gasteiger partial charge on any atom is -0.368 e. The maximum absolute atomic E-state index is 11.7. The number of hydrogen-bond donors (Lipinski definition) is 1. The van der Waals surface area contributed by atoms with Crippen LogP contribution in [0.2, 0.25) is 0 Å². The molecule has 0 unspecified atom stereocenters. The zero-order chi connectivity index (χ0) is 15.4. The van der Waals surface area contributed by atoms with Gasteiger partial charge in [-0.2, -0.15) is 5.10 Å². The van der Waals surface area contributed by atoms with Gasteiger partial charge in [-0.05, 0) is 13.8 Å². The second kappa shape index (κ2) is 6.71. The molecule has 0 saturated carbocycles. The van der Waals surface area contributed by atoms with Crippen LogP contribution >= 0.6 is 0 Å². The van der Waals surface area contributed by atoms with E-state index in [1.807, 2.05) is 13.8 Å². The average molecular weight is 293 g/mol. The Bertz CT molecular complexity index is 547. The lowest BCUT2D eigenvalue weighted by atomic mass is 10.2. The van der Waals surface area contributed by atoms with Gasteiger partial charge in [-0.15, -0.1) is 0 Å². The Morgan fingerprint density at radius 3 is 2.57 bits per heavy atom. The van der Waals surface area contributed by atoms with Gasteiger partial charge in [0, 0.05) is 45.3 Å². The fourth-order valence-electron chi connectivity index (χ4n) is 2.37. The van der Waals surface area contributed by atoms with Crippen molar-refractivity contribution in [3.05, 3.63) is 22.6 Å². The molecule has 1 fully saturated rings. The number of carbonyl (C=O) groups excluding carboxylic acids is 1. The van der Waals surface area contributed by atoms with E-state index in [1.165, 1.54) is 4.68 Å². The molecule has 0 atom stereocenters. The van der Waals surface area contributed by atoms with Gasteiger partial charge in [0.25, 0.3) is 5.56 Å². The molecule has 1 amide bonds. The molecular weight excluding hydrogens is 270 g/mol. The summed E-state index contributed by atoms with van der Waals surface area (Å²) in [6.07, 6.45) is 1.71. The molecule has 0 aromatic carbocycles. The zero-order valence-corrected chi connectivity index (χ0v) is 12.9. The number of piperazine rings is 1. The summed E-state index contributed by atoms with van der Waals surface area (Å²) in [4.78, 5) is 27.6. The Morgan fingerprint density at radius 1 is 1.33 bits per heavy atom. The fourth-order valence-corrected chi connectivity index (χ4v) is 2.37. The van der Waals surface area contributed by atoms with Crippen molar-refractivity contribution in [2.24, 2.45) is 7.05 Å². The summed E-state index contributed by atoms with van der Waals surface area (Å²) in [6.45, 7) is 7.55. The summed E-state index contributed by atoms with van der Waals surface area (Å²) in [5.74, 6) is 0.0636. The molecule has 1 aliphatic rings. The second-order valence-electron chi connectivity index (χ2n) is 5.66. The lowest BCUT2D eigenvalue weighted by molar-refractivity contribution is -0.122. The van der Waals surface area contributed by atoms with Crippen LogP contribution in [-0.4, -0.2) is 59.4 Å². The highest BCUT2D eigenvalue weighted by molar-refractivity contribution is 5.78. The van der Waals surface area contributed by atoms with Crippen molar-refractivity contribution >= 4 is 11.6 Å². The Labute approximate surface area is 124 Å². The first-order chi connectivity index (χ1) is 9.95. The number of aryl methyl sites for hydroxylation is 1. The maximum atomic E-state index is 11.7. The van der Waals surface area contributed by atoms with Gasteiger partial charge in [-0.3, -0.25) is 14.5 Å². The third-order valence-electron chi connectivity index (χ3n) is 3.51. The molecule has 0 radical (unpaired) electrons. The van der Waals surface area contributed by atoms with Crippen LogP contribution in [0.5, 0.6) is 0 Å². The third kappa shape index (κ3) is 4.29. The SMILES string of the molecule is CC(C)NC(=O)CN1CCN(c2cnn(C)c(=O)c2)CC1. The number of carbonyl (C=O) groups is 1. The lowest BCUT2D eigenvalue weighted by Gasteiger charge is -2.35. The molecular formula is C14H23N5O2. The van der Waals surface area contributed by atoms with E-state index in [0.29, 0.717) is 6.54 Å². The van der Waals surface area contributed by atoms with E-state index in [9.17, 15) is 9.59 Å². The largest absolute Gasteiger partial charge is 0.368 e. The second-order valence-corrected chi connectivity index (χ2v) is 5.66. The summed E-state index contributed by atoms with van der Waals surface area (Å²) in [5.41, 5.74) is 0.746. The van der Waals surface area contributed by atoms with Crippen LogP contribution in [0.1, 0.15) is 13.8 Å². The van der Waals surface area contributed by atoms with Crippen LogP contribution in [0.3, 0.4) is 0 Å². The van der Waals surface area contributed by atoms with E-state index in [4.69, 9.17) is 0 Å². The first kappa shape index (κ1) is 15.5. The molecule has 0 bridgehead atoms. The summed E-state index contributed by atoms with van der Waals surface area (Å²) < 4.78 is 1.32. The van der Waals surface area contributed by atoms with Gasteiger partial charge in [-0.25, -0.2) is 4.68 Å². The van der Waals surface area contributed by atoms with Crippen molar-refractivity contribution in [3.63, 3.8) is 0 Å². The number of amides is 1. The van der Waals surface area contributed by atoms with Crippen molar-refractivity contribution in [3.8, 4) is 0 Å². The Hall–Kier alpha value is -1.89. The zero-order valence-electron chi connectivity index (χ0n) is 12.9. The quantitative estimate of drug-likeness (QED) is 0.805. The van der Waals surface area contributed by atoms with Gasteiger partial charge in [0.1, 0.15) is 0 Å². The third-order valence-corrected chi connectivity index (χ3v) is 3.51. The van der Waals surface area contributed by atoms with E-state index in [1.54, 1.807) is 19.3 Å². The van der Waals surface area contributed by atoms with Gasteiger partial charge >= 0.3 is 0 Å². The first-order valence-corrected chi connectivity index (χ1v) is 7.25. The van der Waals surface area contributed by atoms with Gasteiger partial charge in [0.15, 0.2) is 0 Å². The molecule has 21 heavy (non-hydrogen) atoms. The highest BCUT2D eigenvalue weighted by Crippen LogP contribution is 2.12. The van der Waals surface area contributed by atoms with Crippen molar-refractivity contribution < 1.29 is 4.79 Å². The molecule has 116 valence electrons. The summed E-state index contributed by atoms with van der Waals surface area (Å²) in [5, 5.41) is 6.94. The maximum Gasteiger partial charge on any atom is 0.268 e. The molecule has 1 N–H and O–H groups in total. The van der Waals surface area contributed by atoms with Crippen LogP contribution in [0, 0.1) is 0 Å². The van der Waals surface area contributed by atoms with Crippen LogP contribution in [0.25, 0.3) is 0 Å². The van der Waals surface area contributed by atoms with E-state index < -0.39 is 0 Å². The number of anilines is 1. The molecule has 7 nitrogen and oxygen atoms in total. The molecule has 1 aromatic rings. The topological polar surface area (TPSA) is 70.5 Å². The summed E-state index contributed by atoms with van der Waals surface area (Å²) in [6, 6.07) is 1.78. The van der Waals surface area contributed by atoms with Crippen molar-refractivity contribution in [1.82, 2.24) is 20.0 Å². The van der Waals surface area contributed by atoms with Gasteiger partial charge in [0.05, 0.1) is 18.4 Å². The van der Waals surface area contributed by atoms with E-state index >= 15 is 0 Å². The van der Waals surface area contributed by atoms with Gasteiger partial charge < -0.3 is 10.2 Å². The van der Waals surface area contributed by atoms with Crippen LogP contribution in [0.15, 0.2) is 17.1 Å². The number of rotatable bonds is 4. The molecule has 1 saturated heterocycles. The Balaban J connectivity index is 1.87. The molecule has 0 aliphatic carbocycles. The number of aromatic nitrogens is 2. The fraction of sp³-hybridized carbons (Fsp3) is 0.643. The summed E-state index contributed by atoms with van der Waals surface area (Å²) in [7, 11) is 1.64. The smallest absolute Gasteiger partial charge is 0.268 e. The van der Waals surface area contributed by atoms with Crippen LogP contribution in [-0.2, 0) is 11.8 Å². The monoisotopic (exact) mass is 293 g/mol. The van der Waals surface area contributed by atoms with Crippen molar-refractivity contribution in [2.45, 2.75) is 19.9 Å². The Morgan fingerprint density at radius 2 is 2.00 bits per heavy atom. The number of hydrogen-bond acceptors (Lipinski definition) is 5. The molecule has 1 aliphatic heterocycles. The predicted octanol–water partition coefficient (Wildman–Crippen LogP) is -0.573. The highest BCUT2D eigenvalue weighted by atomic mass is 16.2. The van der Waals surface area contributed by atoms with Crippen molar-refractivity contribution in [2.75, 3.05) is 37.6 Å².